The Balaban J connectivity index is 1.96. The van der Waals surface area contributed by atoms with E-state index < -0.39 is 0 Å². The van der Waals surface area contributed by atoms with Gasteiger partial charge in [0.15, 0.2) is 0 Å². The van der Waals surface area contributed by atoms with Gasteiger partial charge in [0, 0.05) is 18.3 Å². The van der Waals surface area contributed by atoms with Crippen molar-refractivity contribution < 1.29 is 9.59 Å². The number of benzene rings is 2. The summed E-state index contributed by atoms with van der Waals surface area (Å²) in [5.74, 6) is -0.153. The predicted octanol–water partition coefficient (Wildman–Crippen LogP) is 3.53. The number of carbonyl (C=O) groups is 2. The van der Waals surface area contributed by atoms with Crippen LogP contribution in [0.2, 0.25) is 0 Å². The lowest BCUT2D eigenvalue weighted by Crippen LogP contribution is -2.31. The summed E-state index contributed by atoms with van der Waals surface area (Å²) < 4.78 is 0. The van der Waals surface area contributed by atoms with E-state index in [1.54, 1.807) is 24.3 Å². The molecule has 2 rings (SSSR count). The Morgan fingerprint density at radius 3 is 2.18 bits per heavy atom. The molecule has 0 radical (unpaired) electrons. The largest absolute Gasteiger partial charge is 0.331 e. The van der Waals surface area contributed by atoms with Crippen LogP contribution in [0.25, 0.3) is 0 Å². The number of urea groups is 1. The molecule has 2 aromatic carbocycles. The van der Waals surface area contributed by atoms with Gasteiger partial charge < -0.3 is 16.0 Å². The highest BCUT2D eigenvalue weighted by molar-refractivity contribution is 5.92. The van der Waals surface area contributed by atoms with Crippen molar-refractivity contribution in [3.63, 3.8) is 0 Å². The van der Waals surface area contributed by atoms with Gasteiger partial charge in [-0.2, -0.15) is 0 Å². The van der Waals surface area contributed by atoms with Crippen LogP contribution in [0.3, 0.4) is 0 Å². The van der Waals surface area contributed by atoms with Crippen molar-refractivity contribution in [3.8, 4) is 0 Å². The normalized spacial score (nSPS) is 11.4. The average molecular weight is 297 g/mol. The highest BCUT2D eigenvalue weighted by Gasteiger charge is 2.09. The van der Waals surface area contributed by atoms with E-state index in [0.29, 0.717) is 11.4 Å². The van der Waals surface area contributed by atoms with E-state index in [1.807, 2.05) is 37.3 Å². The van der Waals surface area contributed by atoms with Crippen LogP contribution in [0.15, 0.2) is 54.6 Å². The zero-order chi connectivity index (χ0) is 15.9. The van der Waals surface area contributed by atoms with E-state index in [1.165, 1.54) is 6.92 Å². The summed E-state index contributed by atoms with van der Waals surface area (Å²) >= 11 is 0. The van der Waals surface area contributed by atoms with Crippen molar-refractivity contribution in [2.75, 3.05) is 10.6 Å². The average Bonchev–Trinajstić information content (AvgIpc) is 2.47. The fraction of sp³-hybridized carbons (Fsp3) is 0.176. The van der Waals surface area contributed by atoms with Crippen molar-refractivity contribution in [3.05, 3.63) is 60.2 Å². The summed E-state index contributed by atoms with van der Waals surface area (Å²) in [6.07, 6.45) is 0. The Morgan fingerprint density at radius 1 is 0.909 bits per heavy atom. The molecule has 1 atom stereocenters. The number of anilines is 2. The summed E-state index contributed by atoms with van der Waals surface area (Å²) in [6, 6.07) is 16.3. The second-order valence-electron chi connectivity index (χ2n) is 4.99. The lowest BCUT2D eigenvalue weighted by molar-refractivity contribution is -0.114. The Hall–Kier alpha value is -2.82. The minimum absolute atomic E-state index is 0.0975. The standard InChI is InChI=1S/C17H19N3O2/c1-12(14-7-4-3-5-8-14)18-17(22)20-16-10-6-9-15(11-16)19-13(2)21/h3-12H,1-2H3,(H,19,21)(H2,18,20,22)/t12-/m0/s1. The molecule has 0 aliphatic carbocycles. The van der Waals surface area contributed by atoms with E-state index in [-0.39, 0.29) is 18.0 Å². The van der Waals surface area contributed by atoms with Gasteiger partial charge in [-0.15, -0.1) is 0 Å². The summed E-state index contributed by atoms with van der Waals surface area (Å²) in [7, 11) is 0. The van der Waals surface area contributed by atoms with Crippen molar-refractivity contribution in [1.82, 2.24) is 5.32 Å². The second-order valence-corrected chi connectivity index (χ2v) is 4.99. The molecular formula is C17H19N3O2. The number of rotatable bonds is 4. The zero-order valence-electron chi connectivity index (χ0n) is 12.6. The molecule has 3 amide bonds. The first-order valence-electron chi connectivity index (χ1n) is 7.04. The number of hydrogen-bond donors (Lipinski definition) is 3. The molecule has 0 aromatic heterocycles. The molecule has 22 heavy (non-hydrogen) atoms. The maximum Gasteiger partial charge on any atom is 0.319 e. The smallest absolute Gasteiger partial charge is 0.319 e. The van der Waals surface area contributed by atoms with Crippen molar-refractivity contribution in [2.24, 2.45) is 0 Å². The maximum atomic E-state index is 12.0. The third-order valence-electron chi connectivity index (χ3n) is 3.09. The molecule has 0 aliphatic rings. The molecule has 0 heterocycles. The van der Waals surface area contributed by atoms with Gasteiger partial charge in [-0.25, -0.2) is 4.79 Å². The fourth-order valence-corrected chi connectivity index (χ4v) is 2.07. The molecule has 0 saturated carbocycles. The first kappa shape index (κ1) is 15.6. The lowest BCUT2D eigenvalue weighted by Gasteiger charge is -2.15. The first-order valence-corrected chi connectivity index (χ1v) is 7.04. The first-order chi connectivity index (χ1) is 10.5. The van der Waals surface area contributed by atoms with Gasteiger partial charge in [-0.05, 0) is 30.7 Å². The van der Waals surface area contributed by atoms with E-state index in [2.05, 4.69) is 16.0 Å². The molecule has 0 bridgehead atoms. The Labute approximate surface area is 129 Å². The number of nitrogens with one attached hydrogen (secondary N) is 3. The van der Waals surface area contributed by atoms with Gasteiger partial charge >= 0.3 is 6.03 Å². The monoisotopic (exact) mass is 297 g/mol. The Morgan fingerprint density at radius 2 is 1.55 bits per heavy atom. The summed E-state index contributed by atoms with van der Waals surface area (Å²) in [5, 5.41) is 8.30. The third-order valence-corrected chi connectivity index (χ3v) is 3.09. The topological polar surface area (TPSA) is 70.2 Å². The summed E-state index contributed by atoms with van der Waals surface area (Å²) in [5.41, 5.74) is 2.29. The molecule has 5 heteroatoms. The summed E-state index contributed by atoms with van der Waals surface area (Å²) in [6.45, 7) is 3.36. The van der Waals surface area contributed by atoms with Crippen LogP contribution in [0, 0.1) is 0 Å². The van der Waals surface area contributed by atoms with E-state index in [4.69, 9.17) is 0 Å². The highest BCUT2D eigenvalue weighted by atomic mass is 16.2. The van der Waals surface area contributed by atoms with Crippen LogP contribution < -0.4 is 16.0 Å². The van der Waals surface area contributed by atoms with Crippen molar-refractivity contribution in [2.45, 2.75) is 19.9 Å². The Bertz CT molecular complexity index is 656. The third kappa shape index (κ3) is 4.63. The second kappa shape index (κ2) is 7.26. The van der Waals surface area contributed by atoms with Gasteiger partial charge in [-0.3, -0.25) is 4.79 Å². The quantitative estimate of drug-likeness (QED) is 0.808. The summed E-state index contributed by atoms with van der Waals surface area (Å²) in [4.78, 5) is 23.1. The maximum absolute atomic E-state index is 12.0. The van der Waals surface area contributed by atoms with Gasteiger partial charge in [0.2, 0.25) is 5.91 Å². The van der Waals surface area contributed by atoms with Crippen molar-refractivity contribution in [1.29, 1.82) is 0 Å². The van der Waals surface area contributed by atoms with Gasteiger partial charge in [-0.1, -0.05) is 36.4 Å². The molecule has 5 nitrogen and oxygen atoms in total. The number of hydrogen-bond acceptors (Lipinski definition) is 2. The van der Waals surface area contributed by atoms with Gasteiger partial charge in [0.05, 0.1) is 6.04 Å². The molecule has 0 aliphatic heterocycles. The predicted molar refractivity (Wildman–Crippen MR) is 87.8 cm³/mol. The minimum Gasteiger partial charge on any atom is -0.331 e. The SMILES string of the molecule is CC(=O)Nc1cccc(NC(=O)N[C@@H](C)c2ccccc2)c1. The highest BCUT2D eigenvalue weighted by Crippen LogP contribution is 2.16. The molecular weight excluding hydrogens is 278 g/mol. The van der Waals surface area contributed by atoms with Gasteiger partial charge in [0.1, 0.15) is 0 Å². The molecule has 0 fully saturated rings. The van der Waals surface area contributed by atoms with E-state index in [9.17, 15) is 9.59 Å². The molecule has 0 spiro atoms. The van der Waals surface area contributed by atoms with Crippen LogP contribution in [-0.2, 0) is 4.79 Å². The molecule has 114 valence electrons. The van der Waals surface area contributed by atoms with Gasteiger partial charge in [0.25, 0.3) is 0 Å². The number of amides is 3. The lowest BCUT2D eigenvalue weighted by atomic mass is 10.1. The van der Waals surface area contributed by atoms with Crippen LogP contribution >= 0.6 is 0 Å². The van der Waals surface area contributed by atoms with E-state index in [0.717, 1.165) is 5.56 Å². The van der Waals surface area contributed by atoms with Crippen LogP contribution in [0.4, 0.5) is 16.2 Å². The van der Waals surface area contributed by atoms with Crippen LogP contribution in [0.5, 0.6) is 0 Å². The molecule has 3 N–H and O–H groups in total. The minimum atomic E-state index is -0.295. The number of carbonyl (C=O) groups excluding carboxylic acids is 2. The van der Waals surface area contributed by atoms with E-state index >= 15 is 0 Å². The molecule has 2 aromatic rings. The van der Waals surface area contributed by atoms with Crippen LogP contribution in [0.1, 0.15) is 25.5 Å². The zero-order valence-corrected chi connectivity index (χ0v) is 12.6. The fourth-order valence-electron chi connectivity index (χ4n) is 2.07. The van der Waals surface area contributed by atoms with Crippen molar-refractivity contribution >= 4 is 23.3 Å². The van der Waals surface area contributed by atoms with Crippen LogP contribution in [-0.4, -0.2) is 11.9 Å². The molecule has 0 saturated heterocycles. The molecule has 0 unspecified atom stereocenters. The Kier molecular flexibility index (Phi) is 5.14.